The number of nitrogens with zero attached hydrogens (tertiary/aromatic N) is 6. The highest BCUT2D eigenvalue weighted by molar-refractivity contribution is 5.22. The maximum Gasteiger partial charge on any atom is 0.470 e. The van der Waals surface area contributed by atoms with E-state index in [2.05, 4.69) is 19.7 Å². The molecule has 0 bridgehead atoms. The summed E-state index contributed by atoms with van der Waals surface area (Å²) in [6.45, 7) is 1.43. The Morgan fingerprint density at radius 1 is 1.41 bits per heavy atom. The van der Waals surface area contributed by atoms with Gasteiger partial charge in [0, 0.05) is 19.3 Å². The van der Waals surface area contributed by atoms with Gasteiger partial charge in [-0.2, -0.15) is 23.5 Å². The molecule has 0 aromatic carbocycles. The molecule has 3 rings (SSSR count). The minimum Gasteiger partial charge on any atom is -0.416 e. The molecule has 0 saturated carbocycles. The Kier molecular flexibility index (Phi) is 3.58. The van der Waals surface area contributed by atoms with Crippen molar-refractivity contribution in [1.29, 1.82) is 5.26 Å². The second-order valence-electron chi connectivity index (χ2n) is 5.00. The van der Waals surface area contributed by atoms with Gasteiger partial charge in [-0.3, -0.25) is 9.58 Å². The molecule has 3 heterocycles. The Bertz CT molecular complexity index is 700. The van der Waals surface area contributed by atoms with Gasteiger partial charge in [0.15, 0.2) is 0 Å². The number of alkyl halides is 3. The molecule has 0 spiro atoms. The quantitative estimate of drug-likeness (QED) is 0.856. The molecule has 7 nitrogen and oxygen atoms in total. The molecule has 1 saturated heterocycles. The van der Waals surface area contributed by atoms with E-state index in [0.717, 1.165) is 6.42 Å². The lowest BCUT2D eigenvalue weighted by Gasteiger charge is -2.13. The maximum atomic E-state index is 12.4. The number of halogens is 3. The Hall–Kier alpha value is -2.41. The minimum absolute atomic E-state index is 0.0637. The fourth-order valence-corrected chi connectivity index (χ4v) is 2.39. The highest BCUT2D eigenvalue weighted by Gasteiger charge is 2.38. The first-order valence-electron chi connectivity index (χ1n) is 6.52. The molecule has 22 heavy (non-hydrogen) atoms. The van der Waals surface area contributed by atoms with E-state index >= 15 is 0 Å². The average molecular weight is 312 g/mol. The van der Waals surface area contributed by atoms with Crippen molar-refractivity contribution in [3.05, 3.63) is 29.7 Å². The number of hydrogen-bond donors (Lipinski definition) is 0. The van der Waals surface area contributed by atoms with E-state index in [0.29, 0.717) is 18.7 Å². The molecule has 0 aliphatic carbocycles. The number of likely N-dealkylation sites (tertiary alicyclic amines) is 1. The van der Waals surface area contributed by atoms with Gasteiger partial charge in [-0.05, 0) is 6.42 Å². The van der Waals surface area contributed by atoms with Crippen LogP contribution in [0.15, 0.2) is 16.8 Å². The molecule has 1 atom stereocenters. The highest BCUT2D eigenvalue weighted by atomic mass is 19.4. The van der Waals surface area contributed by atoms with E-state index in [1.54, 1.807) is 10.9 Å². The Morgan fingerprint density at radius 2 is 2.23 bits per heavy atom. The largest absolute Gasteiger partial charge is 0.470 e. The number of hydrogen-bond acceptors (Lipinski definition) is 6. The van der Waals surface area contributed by atoms with Crippen LogP contribution in [-0.4, -0.2) is 38.0 Å². The summed E-state index contributed by atoms with van der Waals surface area (Å²) in [5, 5.41) is 19.3. The summed E-state index contributed by atoms with van der Waals surface area (Å²) in [7, 11) is 0. The number of rotatable bonds is 3. The van der Waals surface area contributed by atoms with Gasteiger partial charge < -0.3 is 4.42 Å². The van der Waals surface area contributed by atoms with Gasteiger partial charge in [-0.1, -0.05) is 0 Å². The lowest BCUT2D eigenvalue weighted by molar-refractivity contribution is -0.157. The third-order valence-electron chi connectivity index (χ3n) is 3.42. The topological polar surface area (TPSA) is 83.8 Å². The lowest BCUT2D eigenvalue weighted by Crippen LogP contribution is -2.21. The molecule has 1 fully saturated rings. The molecule has 0 N–H and O–H groups in total. The number of nitriles is 1. The molecule has 0 radical (unpaired) electrons. The average Bonchev–Trinajstić information content (AvgIpc) is 3.17. The zero-order valence-electron chi connectivity index (χ0n) is 11.3. The van der Waals surface area contributed by atoms with Crippen LogP contribution in [0.5, 0.6) is 0 Å². The Balaban J connectivity index is 1.61. The first-order chi connectivity index (χ1) is 10.5. The van der Waals surface area contributed by atoms with Gasteiger partial charge in [0.2, 0.25) is 5.89 Å². The van der Waals surface area contributed by atoms with Crippen molar-refractivity contribution < 1.29 is 17.6 Å². The standard InChI is InChI=1S/C12H11F3N6O/c13-12(14,15)11-19-18-10(22-11)7-20-2-1-9(6-20)21-5-8(3-16)4-17-21/h4-5,9H,1-2,6-7H2. The van der Waals surface area contributed by atoms with E-state index in [4.69, 9.17) is 5.26 Å². The highest BCUT2D eigenvalue weighted by Crippen LogP contribution is 2.28. The summed E-state index contributed by atoms with van der Waals surface area (Å²) in [6, 6.07) is 2.08. The molecule has 1 unspecified atom stereocenters. The predicted octanol–water partition coefficient (Wildman–Crippen LogP) is 1.60. The van der Waals surface area contributed by atoms with Crippen LogP contribution in [0.3, 0.4) is 0 Å². The fraction of sp³-hybridized carbons (Fsp3) is 0.500. The molecular weight excluding hydrogens is 301 g/mol. The third kappa shape index (κ3) is 2.94. The van der Waals surface area contributed by atoms with Crippen LogP contribution in [0.25, 0.3) is 0 Å². The third-order valence-corrected chi connectivity index (χ3v) is 3.42. The van der Waals surface area contributed by atoms with E-state index in [1.807, 2.05) is 11.0 Å². The Labute approximate surface area is 122 Å². The summed E-state index contributed by atoms with van der Waals surface area (Å²) in [5.74, 6) is -1.39. The smallest absolute Gasteiger partial charge is 0.416 e. The van der Waals surface area contributed by atoms with Gasteiger partial charge in [0.05, 0.1) is 24.3 Å². The zero-order valence-corrected chi connectivity index (χ0v) is 11.3. The van der Waals surface area contributed by atoms with Gasteiger partial charge in [0.1, 0.15) is 6.07 Å². The normalized spacial score (nSPS) is 19.5. The minimum atomic E-state index is -4.62. The van der Waals surface area contributed by atoms with Crippen molar-refractivity contribution in [3.63, 3.8) is 0 Å². The SMILES string of the molecule is N#Cc1cnn(C2CCN(Cc3nnc(C(F)(F)F)o3)C2)c1. The van der Waals surface area contributed by atoms with E-state index in [1.165, 1.54) is 6.20 Å². The van der Waals surface area contributed by atoms with Gasteiger partial charge >= 0.3 is 12.1 Å². The molecule has 2 aromatic rings. The molecule has 1 aliphatic rings. The zero-order chi connectivity index (χ0) is 15.7. The molecule has 0 amide bonds. The predicted molar refractivity (Wildman–Crippen MR) is 65.2 cm³/mol. The first kappa shape index (κ1) is 14.5. The summed E-state index contributed by atoms with van der Waals surface area (Å²) in [5.41, 5.74) is 0.477. The van der Waals surface area contributed by atoms with Crippen molar-refractivity contribution in [2.75, 3.05) is 13.1 Å². The number of aromatic nitrogens is 4. The van der Waals surface area contributed by atoms with Crippen LogP contribution in [0.2, 0.25) is 0 Å². The van der Waals surface area contributed by atoms with Gasteiger partial charge in [-0.25, -0.2) is 0 Å². The molecular formula is C12H11F3N6O. The summed E-state index contributed by atoms with van der Waals surface area (Å²) in [4.78, 5) is 1.91. The van der Waals surface area contributed by atoms with E-state index < -0.39 is 12.1 Å². The van der Waals surface area contributed by atoms with Crippen LogP contribution < -0.4 is 0 Å². The lowest BCUT2D eigenvalue weighted by atomic mass is 10.3. The molecule has 2 aromatic heterocycles. The van der Waals surface area contributed by atoms with E-state index in [9.17, 15) is 13.2 Å². The van der Waals surface area contributed by atoms with Crippen LogP contribution >= 0.6 is 0 Å². The molecule has 10 heteroatoms. The van der Waals surface area contributed by atoms with Crippen LogP contribution in [-0.2, 0) is 12.7 Å². The summed E-state index contributed by atoms with van der Waals surface area (Å²) >= 11 is 0. The van der Waals surface area contributed by atoms with Gasteiger partial charge in [0.25, 0.3) is 0 Å². The van der Waals surface area contributed by atoms with Crippen LogP contribution in [0.4, 0.5) is 13.2 Å². The monoisotopic (exact) mass is 312 g/mol. The molecule has 1 aliphatic heterocycles. The second-order valence-corrected chi connectivity index (χ2v) is 5.00. The van der Waals surface area contributed by atoms with Gasteiger partial charge in [-0.15, -0.1) is 10.2 Å². The van der Waals surface area contributed by atoms with Crippen molar-refractivity contribution in [1.82, 2.24) is 24.9 Å². The second kappa shape index (κ2) is 5.42. The van der Waals surface area contributed by atoms with Crippen molar-refractivity contribution in [3.8, 4) is 6.07 Å². The first-order valence-corrected chi connectivity index (χ1v) is 6.52. The summed E-state index contributed by atoms with van der Waals surface area (Å²) < 4.78 is 43.5. The van der Waals surface area contributed by atoms with Crippen molar-refractivity contribution in [2.45, 2.75) is 25.2 Å². The molecule has 116 valence electrons. The summed E-state index contributed by atoms with van der Waals surface area (Å²) in [6.07, 6.45) is -0.701. The fourth-order valence-electron chi connectivity index (χ4n) is 2.39. The van der Waals surface area contributed by atoms with Crippen molar-refractivity contribution in [2.24, 2.45) is 0 Å². The maximum absolute atomic E-state index is 12.4. The Morgan fingerprint density at radius 3 is 2.86 bits per heavy atom. The van der Waals surface area contributed by atoms with Crippen LogP contribution in [0, 0.1) is 11.3 Å². The van der Waals surface area contributed by atoms with Crippen molar-refractivity contribution >= 4 is 0 Å². The van der Waals surface area contributed by atoms with E-state index in [-0.39, 0.29) is 18.5 Å². The van der Waals surface area contributed by atoms with Crippen LogP contribution in [0.1, 0.15) is 29.8 Å².